The summed E-state index contributed by atoms with van der Waals surface area (Å²) >= 11 is 11.8. The third-order valence-corrected chi connectivity index (χ3v) is 2.87. The van der Waals surface area contributed by atoms with E-state index in [1.54, 1.807) is 48.8 Å². The topological polar surface area (TPSA) is 42.0 Å². The minimum Gasteiger partial charge on any atom is -0.321 e. The lowest BCUT2D eigenvalue weighted by Gasteiger charge is -2.01. The van der Waals surface area contributed by atoms with Gasteiger partial charge in [-0.05, 0) is 35.9 Å². The van der Waals surface area contributed by atoms with Gasteiger partial charge >= 0.3 is 0 Å². The molecule has 1 aromatic carbocycles. The lowest BCUT2D eigenvalue weighted by Crippen LogP contribution is -2.07. The number of hydrogen-bond acceptors (Lipinski definition) is 2. The predicted molar refractivity (Wildman–Crippen MR) is 78.4 cm³/mol. The number of benzene rings is 1. The molecule has 0 bridgehead atoms. The van der Waals surface area contributed by atoms with E-state index in [1.165, 1.54) is 6.08 Å². The van der Waals surface area contributed by atoms with Crippen molar-refractivity contribution in [2.75, 3.05) is 5.32 Å². The Kier molecular flexibility index (Phi) is 4.55. The number of anilines is 1. The molecule has 0 saturated heterocycles. The van der Waals surface area contributed by atoms with E-state index < -0.39 is 0 Å². The highest BCUT2D eigenvalue weighted by atomic mass is 35.5. The van der Waals surface area contributed by atoms with E-state index in [4.69, 9.17) is 23.2 Å². The van der Waals surface area contributed by atoms with Crippen LogP contribution in [0.2, 0.25) is 10.0 Å². The Hall–Kier alpha value is -1.84. The lowest BCUT2D eigenvalue weighted by molar-refractivity contribution is -0.111. The molecule has 5 heteroatoms. The monoisotopic (exact) mass is 292 g/mol. The first-order valence-electron chi connectivity index (χ1n) is 5.49. The summed E-state index contributed by atoms with van der Waals surface area (Å²) in [6, 6.07) is 8.59. The highest BCUT2D eigenvalue weighted by Gasteiger charge is 2.00. The molecular weight excluding hydrogens is 283 g/mol. The molecule has 0 fully saturated rings. The normalized spacial score (nSPS) is 10.6. The van der Waals surface area contributed by atoms with Crippen LogP contribution in [0.4, 0.5) is 5.69 Å². The van der Waals surface area contributed by atoms with Gasteiger partial charge in [-0.25, -0.2) is 0 Å². The molecular formula is C14H10Cl2N2O. The number of rotatable bonds is 3. The van der Waals surface area contributed by atoms with Crippen molar-refractivity contribution in [2.45, 2.75) is 0 Å². The van der Waals surface area contributed by atoms with E-state index in [-0.39, 0.29) is 5.91 Å². The number of carbonyl (C=O) groups is 1. The van der Waals surface area contributed by atoms with Crippen LogP contribution in [0.1, 0.15) is 5.56 Å². The fourth-order valence-corrected chi connectivity index (χ4v) is 1.89. The first-order chi connectivity index (χ1) is 9.15. The molecule has 96 valence electrons. The van der Waals surface area contributed by atoms with Crippen molar-refractivity contribution < 1.29 is 4.79 Å². The Morgan fingerprint density at radius 2 is 2.11 bits per heavy atom. The maximum Gasteiger partial charge on any atom is 0.248 e. The zero-order valence-corrected chi connectivity index (χ0v) is 11.3. The smallest absolute Gasteiger partial charge is 0.248 e. The molecule has 1 N–H and O–H groups in total. The van der Waals surface area contributed by atoms with Gasteiger partial charge in [0.2, 0.25) is 5.91 Å². The van der Waals surface area contributed by atoms with Gasteiger partial charge < -0.3 is 5.32 Å². The predicted octanol–water partition coefficient (Wildman–Crippen LogP) is 4.04. The third-order valence-electron chi connectivity index (χ3n) is 2.31. The van der Waals surface area contributed by atoms with Gasteiger partial charge in [-0.3, -0.25) is 9.78 Å². The van der Waals surface area contributed by atoms with Gasteiger partial charge in [0.15, 0.2) is 0 Å². The summed E-state index contributed by atoms with van der Waals surface area (Å²) in [6.45, 7) is 0. The molecule has 2 rings (SSSR count). The molecule has 1 heterocycles. The number of pyridine rings is 1. The molecule has 0 atom stereocenters. The molecule has 0 spiro atoms. The fraction of sp³-hybridized carbons (Fsp3) is 0. The van der Waals surface area contributed by atoms with Gasteiger partial charge in [0.05, 0.1) is 11.9 Å². The fourth-order valence-electron chi connectivity index (χ4n) is 1.42. The van der Waals surface area contributed by atoms with E-state index >= 15 is 0 Å². The van der Waals surface area contributed by atoms with Crippen LogP contribution in [0.5, 0.6) is 0 Å². The van der Waals surface area contributed by atoms with Crippen LogP contribution >= 0.6 is 23.2 Å². The highest BCUT2D eigenvalue weighted by Crippen LogP contribution is 2.21. The van der Waals surface area contributed by atoms with Crippen molar-refractivity contribution >= 4 is 40.9 Å². The van der Waals surface area contributed by atoms with Gasteiger partial charge in [-0.1, -0.05) is 29.3 Å². The lowest BCUT2D eigenvalue weighted by atomic mass is 10.2. The maximum atomic E-state index is 11.7. The third kappa shape index (κ3) is 4.09. The Balaban J connectivity index is 2.04. The largest absolute Gasteiger partial charge is 0.321 e. The Morgan fingerprint density at radius 1 is 1.26 bits per heavy atom. The molecule has 0 radical (unpaired) electrons. The van der Waals surface area contributed by atoms with E-state index in [2.05, 4.69) is 10.3 Å². The molecule has 0 aliphatic rings. The van der Waals surface area contributed by atoms with Gasteiger partial charge in [0, 0.05) is 22.3 Å². The van der Waals surface area contributed by atoms with Crippen molar-refractivity contribution in [1.29, 1.82) is 0 Å². The van der Waals surface area contributed by atoms with Gasteiger partial charge in [0.1, 0.15) is 0 Å². The number of hydrogen-bond donors (Lipinski definition) is 1. The Morgan fingerprint density at radius 3 is 2.79 bits per heavy atom. The minimum atomic E-state index is -0.251. The van der Waals surface area contributed by atoms with Crippen molar-refractivity contribution in [3.63, 3.8) is 0 Å². The molecule has 0 unspecified atom stereocenters. The van der Waals surface area contributed by atoms with Crippen LogP contribution in [0.25, 0.3) is 6.08 Å². The standard InChI is InChI=1S/C14H10Cl2N2O/c15-11-5-3-10(13(16)8-11)4-6-14(19)18-12-2-1-7-17-9-12/h1-9H,(H,18,19). The van der Waals surface area contributed by atoms with E-state index in [1.807, 2.05) is 0 Å². The summed E-state index contributed by atoms with van der Waals surface area (Å²) in [5.41, 5.74) is 1.37. The van der Waals surface area contributed by atoms with Crippen LogP contribution < -0.4 is 5.32 Å². The first-order valence-corrected chi connectivity index (χ1v) is 6.25. The molecule has 2 aromatic rings. The van der Waals surface area contributed by atoms with Crippen LogP contribution in [-0.2, 0) is 4.79 Å². The molecule has 0 aliphatic heterocycles. The van der Waals surface area contributed by atoms with Crippen LogP contribution in [0, 0.1) is 0 Å². The zero-order valence-electron chi connectivity index (χ0n) is 9.81. The Bertz CT molecular complexity index is 612. The summed E-state index contributed by atoms with van der Waals surface area (Å²) in [5.74, 6) is -0.251. The van der Waals surface area contributed by atoms with Crippen LogP contribution in [0.15, 0.2) is 48.8 Å². The molecule has 0 aliphatic carbocycles. The summed E-state index contributed by atoms with van der Waals surface area (Å²) in [7, 11) is 0. The first kappa shape index (κ1) is 13.6. The van der Waals surface area contributed by atoms with Gasteiger partial charge in [-0.15, -0.1) is 0 Å². The number of carbonyl (C=O) groups excluding carboxylic acids is 1. The SMILES string of the molecule is O=C(C=Cc1ccc(Cl)cc1Cl)Nc1cccnc1. The molecule has 19 heavy (non-hydrogen) atoms. The number of nitrogens with zero attached hydrogens (tertiary/aromatic N) is 1. The number of halogens is 2. The number of nitrogens with one attached hydrogen (secondary N) is 1. The second-order valence-electron chi connectivity index (χ2n) is 3.73. The van der Waals surface area contributed by atoms with Crippen molar-refractivity contribution in [3.05, 3.63) is 64.4 Å². The average molecular weight is 293 g/mol. The van der Waals surface area contributed by atoms with Gasteiger partial charge in [-0.2, -0.15) is 0 Å². The van der Waals surface area contributed by atoms with Crippen molar-refractivity contribution in [3.8, 4) is 0 Å². The average Bonchev–Trinajstić information content (AvgIpc) is 2.39. The quantitative estimate of drug-likeness (QED) is 0.868. The summed E-state index contributed by atoms with van der Waals surface area (Å²) in [4.78, 5) is 15.6. The molecule has 1 aromatic heterocycles. The van der Waals surface area contributed by atoms with Crippen LogP contribution in [-0.4, -0.2) is 10.9 Å². The van der Waals surface area contributed by atoms with E-state index in [0.29, 0.717) is 15.7 Å². The summed E-state index contributed by atoms with van der Waals surface area (Å²) in [6.07, 6.45) is 6.24. The molecule has 3 nitrogen and oxygen atoms in total. The minimum absolute atomic E-state index is 0.251. The van der Waals surface area contributed by atoms with E-state index in [9.17, 15) is 4.79 Å². The Labute approximate surface area is 120 Å². The van der Waals surface area contributed by atoms with Crippen molar-refractivity contribution in [1.82, 2.24) is 4.98 Å². The number of amides is 1. The number of aromatic nitrogens is 1. The van der Waals surface area contributed by atoms with Crippen molar-refractivity contribution in [2.24, 2.45) is 0 Å². The highest BCUT2D eigenvalue weighted by molar-refractivity contribution is 6.35. The second kappa shape index (κ2) is 6.36. The second-order valence-corrected chi connectivity index (χ2v) is 4.57. The maximum absolute atomic E-state index is 11.7. The summed E-state index contributed by atoms with van der Waals surface area (Å²) in [5, 5.41) is 3.74. The zero-order chi connectivity index (χ0) is 13.7. The molecule has 1 amide bonds. The van der Waals surface area contributed by atoms with E-state index in [0.717, 1.165) is 5.56 Å². The van der Waals surface area contributed by atoms with Gasteiger partial charge in [0.25, 0.3) is 0 Å². The summed E-state index contributed by atoms with van der Waals surface area (Å²) < 4.78 is 0. The molecule has 0 saturated carbocycles. The van der Waals surface area contributed by atoms with Crippen LogP contribution in [0.3, 0.4) is 0 Å².